The molecule has 2 N–H and O–H groups in total. The molecule has 0 fully saturated rings. The maximum Gasteiger partial charge on any atom is 0.336 e. The van der Waals surface area contributed by atoms with E-state index in [1.807, 2.05) is 62.4 Å². The third-order valence-electron chi connectivity index (χ3n) is 5.31. The maximum atomic E-state index is 12.3. The first-order chi connectivity index (χ1) is 15.4. The lowest BCUT2D eigenvalue weighted by atomic mass is 9.83. The van der Waals surface area contributed by atoms with Crippen molar-refractivity contribution < 1.29 is 14.3 Å². The van der Waals surface area contributed by atoms with Gasteiger partial charge in [-0.2, -0.15) is 5.26 Å². The molecule has 0 saturated carbocycles. The van der Waals surface area contributed by atoms with Gasteiger partial charge in [-0.1, -0.05) is 65.7 Å². The van der Waals surface area contributed by atoms with Crippen LogP contribution in [0.3, 0.4) is 0 Å². The van der Waals surface area contributed by atoms with Gasteiger partial charge in [-0.25, -0.2) is 4.79 Å². The number of ether oxygens (including phenoxy) is 2. The zero-order valence-corrected chi connectivity index (χ0v) is 17.8. The Bertz CT molecular complexity index is 1260. The molecule has 3 aromatic rings. The Morgan fingerprint density at radius 2 is 1.69 bits per heavy atom. The van der Waals surface area contributed by atoms with Crippen molar-refractivity contribution in [1.82, 2.24) is 0 Å². The van der Waals surface area contributed by atoms with Gasteiger partial charge in [0.2, 0.25) is 5.88 Å². The number of carbonyl (C=O) groups excluding carboxylic acids is 1. The first-order valence-electron chi connectivity index (χ1n) is 10.2. The molecule has 1 heterocycles. The lowest BCUT2D eigenvalue weighted by Gasteiger charge is -2.26. The lowest BCUT2D eigenvalue weighted by Crippen LogP contribution is -2.21. The van der Waals surface area contributed by atoms with Gasteiger partial charge in [0.25, 0.3) is 0 Å². The number of esters is 1. The Balaban J connectivity index is 1.59. The van der Waals surface area contributed by atoms with E-state index in [1.54, 1.807) is 24.3 Å². The average molecular weight is 422 g/mol. The van der Waals surface area contributed by atoms with Crippen molar-refractivity contribution in [3.8, 4) is 17.6 Å². The molecule has 5 heteroatoms. The molecule has 0 saturated heterocycles. The van der Waals surface area contributed by atoms with E-state index in [0.717, 1.165) is 27.8 Å². The van der Waals surface area contributed by atoms with Gasteiger partial charge in [0.15, 0.2) is 0 Å². The Labute approximate surface area is 187 Å². The number of hydrogen-bond donors (Lipinski definition) is 1. The summed E-state index contributed by atoms with van der Waals surface area (Å²) in [7, 11) is 0. The molecule has 1 aliphatic rings. The zero-order chi connectivity index (χ0) is 22.7. The number of nitrogens with zero attached hydrogens (tertiary/aromatic N) is 1. The Hall–Kier alpha value is -4.30. The van der Waals surface area contributed by atoms with Crippen LogP contribution in [-0.4, -0.2) is 5.97 Å². The number of fused-ring (bicyclic) bond motifs is 1. The molecular formula is C27H22N2O3. The summed E-state index contributed by atoms with van der Waals surface area (Å²) in [5, 5.41) is 9.67. The van der Waals surface area contributed by atoms with E-state index in [1.165, 1.54) is 6.08 Å². The van der Waals surface area contributed by atoms with Crippen LogP contribution >= 0.6 is 0 Å². The van der Waals surface area contributed by atoms with Crippen LogP contribution in [0.5, 0.6) is 11.5 Å². The molecule has 0 radical (unpaired) electrons. The van der Waals surface area contributed by atoms with Gasteiger partial charge in [-0.3, -0.25) is 0 Å². The number of carbonyl (C=O) groups is 1. The van der Waals surface area contributed by atoms with Gasteiger partial charge in [-0.05, 0) is 37.1 Å². The first-order valence-corrected chi connectivity index (χ1v) is 10.2. The van der Waals surface area contributed by atoms with E-state index < -0.39 is 5.97 Å². The number of benzene rings is 3. The fourth-order valence-corrected chi connectivity index (χ4v) is 3.59. The highest BCUT2D eigenvalue weighted by Gasteiger charge is 2.30. The van der Waals surface area contributed by atoms with E-state index in [9.17, 15) is 10.1 Å². The minimum atomic E-state index is -0.502. The summed E-state index contributed by atoms with van der Waals surface area (Å²) in [5.41, 5.74) is 11.3. The number of nitrogens with two attached hydrogens (primary N) is 1. The van der Waals surface area contributed by atoms with E-state index in [0.29, 0.717) is 17.1 Å². The highest BCUT2D eigenvalue weighted by atomic mass is 16.5. The molecule has 0 aromatic heterocycles. The normalized spacial score (nSPS) is 15.1. The minimum absolute atomic E-state index is 0.0494. The van der Waals surface area contributed by atoms with Crippen LogP contribution in [0.1, 0.15) is 33.7 Å². The highest BCUT2D eigenvalue weighted by molar-refractivity contribution is 5.88. The molecule has 158 valence electrons. The second-order valence-electron chi connectivity index (χ2n) is 7.70. The molecule has 4 rings (SSSR count). The van der Waals surface area contributed by atoms with Crippen molar-refractivity contribution in [2.75, 3.05) is 0 Å². The predicted molar refractivity (Wildman–Crippen MR) is 123 cm³/mol. The summed E-state index contributed by atoms with van der Waals surface area (Å²) < 4.78 is 11.1. The Kier molecular flexibility index (Phi) is 5.78. The summed E-state index contributed by atoms with van der Waals surface area (Å²) >= 11 is 0. The van der Waals surface area contributed by atoms with E-state index >= 15 is 0 Å². The van der Waals surface area contributed by atoms with E-state index in [2.05, 4.69) is 6.07 Å². The lowest BCUT2D eigenvalue weighted by molar-refractivity contribution is -0.128. The molecule has 32 heavy (non-hydrogen) atoms. The van der Waals surface area contributed by atoms with Gasteiger partial charge < -0.3 is 15.2 Å². The Morgan fingerprint density at radius 3 is 2.34 bits per heavy atom. The van der Waals surface area contributed by atoms with Crippen molar-refractivity contribution in [1.29, 1.82) is 5.26 Å². The van der Waals surface area contributed by atoms with Crippen molar-refractivity contribution >= 4 is 12.0 Å². The minimum Gasteiger partial charge on any atom is -0.440 e. The summed E-state index contributed by atoms with van der Waals surface area (Å²) in [6, 6.07) is 23.0. The van der Waals surface area contributed by atoms with Crippen molar-refractivity contribution in [3.05, 3.63) is 112 Å². The SMILES string of the molecule is Cc1ccc(/C=C/C(=O)Oc2ccc3c(c2)OC(N)=C(C#N)C3c2ccc(C)cc2)cc1. The third kappa shape index (κ3) is 4.40. The fraction of sp³-hybridized carbons (Fsp3) is 0.111. The highest BCUT2D eigenvalue weighted by Crippen LogP contribution is 2.43. The maximum absolute atomic E-state index is 12.3. The van der Waals surface area contributed by atoms with Crippen LogP contribution in [0.25, 0.3) is 6.08 Å². The van der Waals surface area contributed by atoms with E-state index in [-0.39, 0.29) is 11.8 Å². The second kappa shape index (κ2) is 8.83. The molecule has 0 bridgehead atoms. The van der Waals surface area contributed by atoms with Gasteiger partial charge in [0.1, 0.15) is 23.1 Å². The number of nitriles is 1. The summed E-state index contributed by atoms with van der Waals surface area (Å²) in [5.74, 6) is -0.0143. The molecule has 1 unspecified atom stereocenters. The topological polar surface area (TPSA) is 85.3 Å². The molecule has 0 amide bonds. The van der Waals surface area contributed by atoms with Gasteiger partial charge in [0.05, 0.1) is 5.92 Å². The van der Waals surface area contributed by atoms with Crippen LogP contribution in [0.15, 0.2) is 84.3 Å². The molecule has 1 atom stereocenters. The zero-order valence-electron chi connectivity index (χ0n) is 17.8. The molecule has 1 aliphatic heterocycles. The first kappa shape index (κ1) is 21.0. The monoisotopic (exact) mass is 422 g/mol. The van der Waals surface area contributed by atoms with Crippen molar-refractivity contribution in [2.24, 2.45) is 5.73 Å². The van der Waals surface area contributed by atoms with Crippen molar-refractivity contribution in [2.45, 2.75) is 19.8 Å². The van der Waals surface area contributed by atoms with Crippen molar-refractivity contribution in [3.63, 3.8) is 0 Å². The standard InChI is InChI=1S/C27H22N2O3/c1-17-3-7-19(8-4-17)9-14-25(30)31-21-12-13-22-24(15-21)32-27(29)23(16-28)26(22)20-10-5-18(2)6-11-20/h3-15,26H,29H2,1-2H3/b14-9+. The van der Waals surface area contributed by atoms with Gasteiger partial charge in [-0.15, -0.1) is 0 Å². The fourth-order valence-electron chi connectivity index (χ4n) is 3.59. The van der Waals surface area contributed by atoms with Gasteiger partial charge >= 0.3 is 5.97 Å². The van der Waals surface area contributed by atoms with E-state index in [4.69, 9.17) is 15.2 Å². The van der Waals surface area contributed by atoms with Gasteiger partial charge in [0, 0.05) is 17.7 Å². The molecule has 5 nitrogen and oxygen atoms in total. The van der Waals surface area contributed by atoms with Crippen LogP contribution in [0.2, 0.25) is 0 Å². The molecule has 3 aromatic carbocycles. The average Bonchev–Trinajstić information content (AvgIpc) is 2.78. The summed E-state index contributed by atoms with van der Waals surface area (Å²) in [6.07, 6.45) is 3.08. The molecular weight excluding hydrogens is 400 g/mol. The smallest absolute Gasteiger partial charge is 0.336 e. The number of aryl methyl sites for hydroxylation is 2. The third-order valence-corrected chi connectivity index (χ3v) is 5.31. The molecule has 0 aliphatic carbocycles. The van der Waals surface area contributed by atoms with Crippen LogP contribution in [0.4, 0.5) is 0 Å². The largest absolute Gasteiger partial charge is 0.440 e. The van der Waals surface area contributed by atoms with Crippen LogP contribution < -0.4 is 15.2 Å². The number of hydrogen-bond acceptors (Lipinski definition) is 5. The second-order valence-corrected chi connectivity index (χ2v) is 7.70. The Morgan fingerprint density at radius 1 is 1.03 bits per heavy atom. The predicted octanol–water partition coefficient (Wildman–Crippen LogP) is 5.14. The molecule has 0 spiro atoms. The summed E-state index contributed by atoms with van der Waals surface area (Å²) in [6.45, 7) is 4.01. The van der Waals surface area contributed by atoms with Crippen LogP contribution in [0, 0.1) is 25.2 Å². The quantitative estimate of drug-likeness (QED) is 0.357. The number of allylic oxidation sites excluding steroid dienone is 1. The van der Waals surface area contributed by atoms with Crippen LogP contribution in [-0.2, 0) is 4.79 Å². The summed E-state index contributed by atoms with van der Waals surface area (Å²) in [4.78, 5) is 12.3. The number of rotatable bonds is 4.